The van der Waals surface area contributed by atoms with Gasteiger partial charge in [-0.25, -0.2) is 14.4 Å². The molecule has 0 spiro atoms. The number of benzene rings is 3. The molecule has 2 aliphatic rings. The van der Waals surface area contributed by atoms with Crippen LogP contribution in [0.4, 0.5) is 16.0 Å². The lowest BCUT2D eigenvalue weighted by molar-refractivity contribution is 0.0976. The van der Waals surface area contributed by atoms with Gasteiger partial charge >= 0.3 is 0 Å². The molecule has 0 amide bonds. The molecule has 1 aromatic heterocycles. The fraction of sp³-hybridized carbons (Fsp3) is 0.333. The van der Waals surface area contributed by atoms with Crippen LogP contribution in [0.5, 0.6) is 0 Å². The topological polar surface area (TPSA) is 53.5 Å². The van der Waals surface area contributed by atoms with Crippen LogP contribution in [0.3, 0.4) is 0 Å². The third-order valence-corrected chi connectivity index (χ3v) is 8.14. The van der Waals surface area contributed by atoms with E-state index in [-0.39, 0.29) is 24.1 Å². The molecule has 0 bridgehead atoms. The zero-order valence-corrected chi connectivity index (χ0v) is 24.2. The summed E-state index contributed by atoms with van der Waals surface area (Å²) in [6, 6.07) is 23.8. The predicted molar refractivity (Wildman–Crippen MR) is 165 cm³/mol. The highest BCUT2D eigenvalue weighted by atomic mass is 35.5. The lowest BCUT2D eigenvalue weighted by Crippen LogP contribution is -2.47. The van der Waals surface area contributed by atoms with Crippen LogP contribution in [-0.2, 0) is 17.6 Å². The monoisotopic (exact) mass is 573 g/mol. The highest BCUT2D eigenvalue weighted by Gasteiger charge is 2.29. The number of ether oxygens (including phenoxy) is 1. The molecule has 1 aliphatic heterocycles. The number of methoxy groups -OCH3 is 1. The minimum atomic E-state index is -0.172. The van der Waals surface area contributed by atoms with Crippen LogP contribution >= 0.6 is 12.4 Å². The third-order valence-electron chi connectivity index (χ3n) is 8.14. The van der Waals surface area contributed by atoms with Gasteiger partial charge in [0.05, 0.1) is 12.3 Å². The standard InChI is InChI=1S/C33H36FN5O.ClH/c1-40-20-19-39-17-15-38(16-18-39)14-13-24-7-6-8-26(21-24)36-33-35-23-25-22-30(28-10-4-5-12-31(28)34)27-9-2-3-11-29(27)32(25)37-33;/h2-12,21,23,30H,13-20,22H2,1H3,(H,35,36,37);1H. The van der Waals surface area contributed by atoms with Crippen LogP contribution in [0.1, 0.15) is 28.2 Å². The van der Waals surface area contributed by atoms with E-state index in [0.717, 1.165) is 80.4 Å². The Kier molecular flexibility index (Phi) is 9.62. The molecule has 8 heteroatoms. The van der Waals surface area contributed by atoms with Gasteiger partial charge in [-0.2, -0.15) is 0 Å². The summed E-state index contributed by atoms with van der Waals surface area (Å²) in [5.74, 6) is 0.341. The first-order chi connectivity index (χ1) is 19.7. The number of halogens is 2. The number of anilines is 2. The van der Waals surface area contributed by atoms with Crippen LogP contribution in [0.25, 0.3) is 11.3 Å². The second kappa shape index (κ2) is 13.5. The van der Waals surface area contributed by atoms with Crippen LogP contribution in [0, 0.1) is 5.82 Å². The van der Waals surface area contributed by atoms with E-state index in [1.165, 1.54) is 11.6 Å². The van der Waals surface area contributed by atoms with E-state index in [1.54, 1.807) is 13.2 Å². The predicted octanol–water partition coefficient (Wildman–Crippen LogP) is 5.94. The molecule has 6 nitrogen and oxygen atoms in total. The van der Waals surface area contributed by atoms with Gasteiger partial charge in [-0.1, -0.05) is 54.6 Å². The van der Waals surface area contributed by atoms with Gasteiger partial charge in [0.2, 0.25) is 5.95 Å². The first-order valence-electron chi connectivity index (χ1n) is 14.2. The average molecular weight is 574 g/mol. The first kappa shape index (κ1) is 29.1. The van der Waals surface area contributed by atoms with Crippen molar-refractivity contribution in [2.45, 2.75) is 18.8 Å². The highest BCUT2D eigenvalue weighted by molar-refractivity contribution is 5.85. The first-order valence-corrected chi connectivity index (χ1v) is 14.2. The number of fused-ring (bicyclic) bond motifs is 3. The summed E-state index contributed by atoms with van der Waals surface area (Å²) in [6.45, 7) is 7.27. The number of rotatable bonds is 9. The van der Waals surface area contributed by atoms with E-state index in [9.17, 15) is 4.39 Å². The molecule has 41 heavy (non-hydrogen) atoms. The van der Waals surface area contributed by atoms with E-state index in [1.807, 2.05) is 30.5 Å². The van der Waals surface area contributed by atoms with Crippen LogP contribution in [0.2, 0.25) is 0 Å². The highest BCUT2D eigenvalue weighted by Crippen LogP contribution is 2.42. The van der Waals surface area contributed by atoms with Crippen molar-refractivity contribution in [3.63, 3.8) is 0 Å². The molecule has 1 fully saturated rings. The molecule has 1 saturated heterocycles. The number of nitrogens with zero attached hydrogens (tertiary/aromatic N) is 4. The van der Waals surface area contributed by atoms with Gasteiger partial charge < -0.3 is 15.0 Å². The van der Waals surface area contributed by atoms with Crippen molar-refractivity contribution >= 4 is 24.0 Å². The van der Waals surface area contributed by atoms with Crippen molar-refractivity contribution in [1.29, 1.82) is 0 Å². The van der Waals surface area contributed by atoms with Crippen molar-refractivity contribution in [3.05, 3.63) is 107 Å². The van der Waals surface area contributed by atoms with Crippen LogP contribution in [-0.4, -0.2) is 72.8 Å². The fourth-order valence-electron chi connectivity index (χ4n) is 5.91. The minimum absolute atomic E-state index is 0. The van der Waals surface area contributed by atoms with Crippen molar-refractivity contribution in [3.8, 4) is 11.3 Å². The van der Waals surface area contributed by atoms with Gasteiger partial charge in [0.15, 0.2) is 0 Å². The SMILES string of the molecule is COCCN1CCN(CCc2cccc(Nc3ncc4c(n3)-c3ccccc3C(c3ccccc3F)C4)c2)CC1.Cl. The number of piperazine rings is 1. The summed E-state index contributed by atoms with van der Waals surface area (Å²) in [4.78, 5) is 14.6. The molecule has 3 aromatic carbocycles. The smallest absolute Gasteiger partial charge is 0.227 e. The van der Waals surface area contributed by atoms with Crippen molar-refractivity contribution < 1.29 is 9.13 Å². The molecule has 1 N–H and O–H groups in total. The molecule has 1 aliphatic carbocycles. The molecule has 214 valence electrons. The summed E-state index contributed by atoms with van der Waals surface area (Å²) < 4.78 is 20.0. The molecule has 2 heterocycles. The normalized spacial score (nSPS) is 16.9. The Balaban J connectivity index is 0.00000337. The third kappa shape index (κ3) is 6.76. The number of hydrogen-bond acceptors (Lipinski definition) is 6. The van der Waals surface area contributed by atoms with Gasteiger partial charge in [-0.15, -0.1) is 12.4 Å². The molecular formula is C33H37ClFN5O. The van der Waals surface area contributed by atoms with E-state index in [0.29, 0.717) is 17.9 Å². The summed E-state index contributed by atoms with van der Waals surface area (Å²) in [5.41, 5.74) is 7.09. The summed E-state index contributed by atoms with van der Waals surface area (Å²) in [6.07, 6.45) is 3.57. The number of aromatic nitrogens is 2. The molecule has 0 radical (unpaired) electrons. The average Bonchev–Trinajstić information content (AvgIpc) is 3.00. The molecule has 1 unspecified atom stereocenters. The van der Waals surface area contributed by atoms with Gasteiger partial charge in [-0.3, -0.25) is 4.90 Å². The van der Waals surface area contributed by atoms with E-state index >= 15 is 0 Å². The Morgan fingerprint density at radius 3 is 2.41 bits per heavy atom. The van der Waals surface area contributed by atoms with Gasteiger partial charge in [0.1, 0.15) is 5.82 Å². The Morgan fingerprint density at radius 2 is 1.63 bits per heavy atom. The van der Waals surface area contributed by atoms with Crippen molar-refractivity contribution in [1.82, 2.24) is 19.8 Å². The Labute approximate surface area is 248 Å². The second-order valence-corrected chi connectivity index (χ2v) is 10.7. The van der Waals surface area contributed by atoms with E-state index in [2.05, 4.69) is 56.5 Å². The number of hydrogen-bond donors (Lipinski definition) is 1. The van der Waals surface area contributed by atoms with Gasteiger partial charge in [0, 0.05) is 69.7 Å². The minimum Gasteiger partial charge on any atom is -0.383 e. The molecule has 1 atom stereocenters. The molecule has 0 saturated carbocycles. The Morgan fingerprint density at radius 1 is 0.902 bits per heavy atom. The molecule has 4 aromatic rings. The number of nitrogens with one attached hydrogen (secondary N) is 1. The van der Waals surface area contributed by atoms with Crippen LogP contribution < -0.4 is 5.32 Å². The Bertz CT molecular complexity index is 1460. The molecular weight excluding hydrogens is 537 g/mol. The lowest BCUT2D eigenvalue weighted by Gasteiger charge is -2.34. The Hall–Kier alpha value is -3.36. The zero-order valence-electron chi connectivity index (χ0n) is 23.4. The maximum atomic E-state index is 14.8. The maximum Gasteiger partial charge on any atom is 0.227 e. The van der Waals surface area contributed by atoms with Crippen LogP contribution in [0.15, 0.2) is 79.0 Å². The van der Waals surface area contributed by atoms with E-state index in [4.69, 9.17) is 9.72 Å². The lowest BCUT2D eigenvalue weighted by atomic mass is 9.78. The van der Waals surface area contributed by atoms with Gasteiger partial charge in [-0.05, 0) is 53.3 Å². The van der Waals surface area contributed by atoms with Crippen molar-refractivity contribution in [2.24, 2.45) is 0 Å². The zero-order chi connectivity index (χ0) is 27.3. The van der Waals surface area contributed by atoms with Gasteiger partial charge in [0.25, 0.3) is 0 Å². The molecule has 6 rings (SSSR count). The quantitative estimate of drug-likeness (QED) is 0.267. The largest absolute Gasteiger partial charge is 0.383 e. The summed E-state index contributed by atoms with van der Waals surface area (Å²) in [5, 5.41) is 3.43. The summed E-state index contributed by atoms with van der Waals surface area (Å²) >= 11 is 0. The maximum absolute atomic E-state index is 14.8. The second-order valence-electron chi connectivity index (χ2n) is 10.7. The summed E-state index contributed by atoms with van der Waals surface area (Å²) in [7, 11) is 1.76. The fourth-order valence-corrected chi connectivity index (χ4v) is 5.91. The van der Waals surface area contributed by atoms with E-state index < -0.39 is 0 Å². The van der Waals surface area contributed by atoms with Crippen molar-refractivity contribution in [2.75, 3.05) is 58.3 Å².